The van der Waals surface area contributed by atoms with E-state index in [1.807, 2.05) is 19.9 Å². The normalized spacial score (nSPS) is 18.6. The van der Waals surface area contributed by atoms with Gasteiger partial charge < -0.3 is 46.2 Å². The number of carbonyl (C=O) groups excluding carboxylic acids is 2. The number of nitriles is 1. The highest BCUT2D eigenvalue weighted by Gasteiger charge is 2.41. The van der Waals surface area contributed by atoms with Gasteiger partial charge in [0, 0.05) is 12.6 Å². The van der Waals surface area contributed by atoms with Crippen LogP contribution in [0, 0.1) is 17.9 Å². The van der Waals surface area contributed by atoms with Crippen LogP contribution in [0.5, 0.6) is 0 Å². The van der Waals surface area contributed by atoms with Crippen LogP contribution in [-0.4, -0.2) is 84.7 Å². The molecule has 19 heteroatoms. The first-order chi connectivity index (χ1) is 24.6. The van der Waals surface area contributed by atoms with E-state index in [-0.39, 0.29) is 45.0 Å². The molecule has 1 aliphatic heterocycles. The molecule has 52 heavy (non-hydrogen) atoms. The number of hydrogen-bond donors (Lipinski definition) is 0. The Kier molecular flexibility index (Phi) is 20.1. The molecule has 2 rings (SSSR count). The molecule has 0 spiro atoms. The van der Waals surface area contributed by atoms with Crippen LogP contribution in [0.4, 0.5) is 15.4 Å². The molecular weight excluding hydrogens is 720 g/mol. The number of carbonyl (C=O) groups is 2. The van der Waals surface area contributed by atoms with Crippen molar-refractivity contribution in [3.05, 3.63) is 34.2 Å². The number of aromatic nitrogens is 2. The molecule has 0 N–H and O–H groups in total. The maximum atomic E-state index is 13.5. The number of rotatable bonds is 21. The summed E-state index contributed by atoms with van der Waals surface area (Å²) in [5.74, 6) is -0.305. The quantitative estimate of drug-likeness (QED) is 0.0677. The Balaban J connectivity index is 2.41. The standard InChI is InChI=1S/C33H53N5O12P2/c1-10-12-19-42-51(45-22-17-35-9)46-24-26-25(50-52(43-20-13-11-2)44-21-14-16-34)23-28(47-26)37-18-15-27(36-29(37)39)38(30(40)48-32(3,4)5)31(41)49-33(6,7)8/h15,18,25-26,28H,10-14,17,19-24H2,1-8H3/t25-,26+,28+,51?,52?/m0/s1. The highest BCUT2D eigenvalue weighted by molar-refractivity contribution is 7.42. The van der Waals surface area contributed by atoms with Gasteiger partial charge in [0.2, 0.25) is 6.54 Å². The maximum absolute atomic E-state index is 13.5. The monoisotopic (exact) mass is 773 g/mol. The first-order valence-electron chi connectivity index (χ1n) is 17.2. The molecule has 0 radical (unpaired) electrons. The molecule has 0 aliphatic carbocycles. The van der Waals surface area contributed by atoms with Crippen LogP contribution in [0.1, 0.15) is 100 Å². The molecule has 0 aromatic carbocycles. The lowest BCUT2D eigenvalue weighted by atomic mass is 10.2. The third-order valence-corrected chi connectivity index (χ3v) is 8.83. The van der Waals surface area contributed by atoms with Crippen molar-refractivity contribution in [2.75, 3.05) is 44.5 Å². The molecule has 1 fully saturated rings. The number of unbranched alkanes of at least 4 members (excludes halogenated alkanes) is 2. The van der Waals surface area contributed by atoms with E-state index in [4.69, 9.17) is 53.2 Å². The van der Waals surface area contributed by atoms with E-state index in [0.717, 1.165) is 25.7 Å². The lowest BCUT2D eigenvalue weighted by molar-refractivity contribution is -0.0433. The maximum Gasteiger partial charge on any atom is 0.425 e. The van der Waals surface area contributed by atoms with Gasteiger partial charge in [-0.3, -0.25) is 4.57 Å². The van der Waals surface area contributed by atoms with Crippen LogP contribution in [0.15, 0.2) is 17.1 Å². The third kappa shape index (κ3) is 16.9. The van der Waals surface area contributed by atoms with Crippen LogP contribution in [-0.2, 0) is 41.4 Å². The van der Waals surface area contributed by atoms with E-state index in [1.165, 1.54) is 16.8 Å². The molecule has 1 aromatic rings. The lowest BCUT2D eigenvalue weighted by Crippen LogP contribution is -2.45. The number of ether oxygens (including phenoxy) is 3. The summed E-state index contributed by atoms with van der Waals surface area (Å²) in [5, 5.41) is 9.03. The first-order valence-corrected chi connectivity index (χ1v) is 19.4. The Morgan fingerprint density at radius 1 is 0.981 bits per heavy atom. The molecule has 0 bridgehead atoms. The molecule has 2 unspecified atom stereocenters. The average molecular weight is 774 g/mol. The second-order valence-corrected chi connectivity index (χ2v) is 15.7. The lowest BCUT2D eigenvalue weighted by Gasteiger charge is -2.28. The minimum Gasteiger partial charge on any atom is -0.443 e. The average Bonchev–Trinajstić information content (AvgIpc) is 3.44. The summed E-state index contributed by atoms with van der Waals surface area (Å²) in [6, 6.07) is 3.33. The second kappa shape index (κ2) is 23.1. The van der Waals surface area contributed by atoms with Gasteiger partial charge in [-0.25, -0.2) is 21.0 Å². The van der Waals surface area contributed by atoms with E-state index < -0.39 is 64.7 Å². The molecule has 17 nitrogen and oxygen atoms in total. The van der Waals surface area contributed by atoms with Gasteiger partial charge in [-0.15, -0.1) is 0 Å². The van der Waals surface area contributed by atoms with Crippen molar-refractivity contribution in [2.24, 2.45) is 0 Å². The van der Waals surface area contributed by atoms with Crippen molar-refractivity contribution >= 4 is 35.2 Å². The zero-order valence-electron chi connectivity index (χ0n) is 31.4. The van der Waals surface area contributed by atoms with E-state index in [1.54, 1.807) is 41.5 Å². The summed E-state index contributed by atoms with van der Waals surface area (Å²) >= 11 is 0. The van der Waals surface area contributed by atoms with Crippen molar-refractivity contribution in [3.63, 3.8) is 0 Å². The molecule has 0 saturated carbocycles. The van der Waals surface area contributed by atoms with E-state index in [9.17, 15) is 14.4 Å². The van der Waals surface area contributed by atoms with Gasteiger partial charge in [-0.2, -0.15) is 15.1 Å². The topological polar surface area (TPSA) is 183 Å². The largest absolute Gasteiger partial charge is 0.443 e. The van der Waals surface area contributed by atoms with Gasteiger partial charge >= 0.3 is 35.1 Å². The summed E-state index contributed by atoms with van der Waals surface area (Å²) in [5.41, 5.74) is -2.76. The third-order valence-electron chi connectivity index (χ3n) is 6.45. The molecular formula is C33H53N5O12P2. The van der Waals surface area contributed by atoms with E-state index in [0.29, 0.717) is 18.1 Å². The minimum absolute atomic E-state index is 0.0708. The van der Waals surface area contributed by atoms with Crippen molar-refractivity contribution in [3.8, 4) is 6.07 Å². The SMILES string of the molecule is [C-]#[N+]CCOP(OCCCC)OC[C@H]1O[C@@H](n2ccc(N(C(=O)OC(C)(C)C)C(=O)OC(C)(C)C)nc2=O)C[C@@H]1OP(OCCC#N)OCCCC. The van der Waals surface area contributed by atoms with Gasteiger partial charge in [0.1, 0.15) is 30.1 Å². The number of nitrogens with zero attached hydrogens (tertiary/aromatic N) is 5. The highest BCUT2D eigenvalue weighted by Crippen LogP contribution is 2.47. The fraction of sp³-hybridized carbons (Fsp3) is 0.758. The van der Waals surface area contributed by atoms with Gasteiger partial charge in [-0.1, -0.05) is 26.7 Å². The van der Waals surface area contributed by atoms with Crippen molar-refractivity contribution in [1.82, 2.24) is 9.55 Å². The molecule has 5 atom stereocenters. The number of hydrogen-bond acceptors (Lipinski definition) is 14. The fourth-order valence-corrected chi connectivity index (χ4v) is 6.26. The Hall–Kier alpha value is -2.82. The predicted molar refractivity (Wildman–Crippen MR) is 192 cm³/mol. The minimum atomic E-state index is -1.91. The highest BCUT2D eigenvalue weighted by atomic mass is 31.2. The van der Waals surface area contributed by atoms with E-state index in [2.05, 4.69) is 9.83 Å². The molecule has 1 aromatic heterocycles. The van der Waals surface area contributed by atoms with Crippen LogP contribution in [0.3, 0.4) is 0 Å². The summed E-state index contributed by atoms with van der Waals surface area (Å²) in [7, 11) is -3.74. The number of anilines is 1. The Labute approximate surface area is 308 Å². The zero-order chi connectivity index (χ0) is 38.7. The number of amides is 2. The van der Waals surface area contributed by atoms with Crippen LogP contribution < -0.4 is 10.6 Å². The van der Waals surface area contributed by atoms with Crippen molar-refractivity contribution in [1.29, 1.82) is 5.26 Å². The van der Waals surface area contributed by atoms with Crippen LogP contribution in [0.25, 0.3) is 4.85 Å². The summed E-state index contributed by atoms with van der Waals surface area (Å²) in [6.45, 7) is 21.9. The molecule has 2 amide bonds. The fourth-order valence-electron chi connectivity index (χ4n) is 4.10. The predicted octanol–water partition coefficient (Wildman–Crippen LogP) is 7.56. The Morgan fingerprint density at radius 3 is 2.10 bits per heavy atom. The van der Waals surface area contributed by atoms with Gasteiger partial charge in [0.15, 0.2) is 5.82 Å². The molecule has 2 heterocycles. The van der Waals surface area contributed by atoms with Crippen LogP contribution in [0.2, 0.25) is 0 Å². The summed E-state index contributed by atoms with van der Waals surface area (Å²) in [4.78, 5) is 47.7. The molecule has 1 saturated heterocycles. The molecule has 1 aliphatic rings. The van der Waals surface area contributed by atoms with Gasteiger partial charge in [0.25, 0.3) is 0 Å². The first kappa shape index (κ1) is 45.3. The van der Waals surface area contributed by atoms with Crippen molar-refractivity contribution in [2.45, 2.75) is 124 Å². The zero-order valence-corrected chi connectivity index (χ0v) is 33.2. The smallest absolute Gasteiger partial charge is 0.425 e. The second-order valence-electron chi connectivity index (χ2n) is 13.4. The summed E-state index contributed by atoms with van der Waals surface area (Å²) < 4.78 is 53.8. The van der Waals surface area contributed by atoms with E-state index >= 15 is 0 Å². The number of imide groups is 1. The van der Waals surface area contributed by atoms with Gasteiger partial charge in [0.05, 0.1) is 45.0 Å². The Bertz CT molecular complexity index is 1360. The van der Waals surface area contributed by atoms with Crippen LogP contribution >= 0.6 is 17.2 Å². The van der Waals surface area contributed by atoms with Crippen molar-refractivity contribution < 1.29 is 50.9 Å². The Morgan fingerprint density at radius 2 is 1.56 bits per heavy atom. The molecule has 292 valence electrons. The summed E-state index contributed by atoms with van der Waals surface area (Å²) in [6.07, 6.45) is 0.366. The van der Waals surface area contributed by atoms with Gasteiger partial charge in [-0.05, 0) is 60.5 Å².